The fourth-order valence-corrected chi connectivity index (χ4v) is 6.84. The van der Waals surface area contributed by atoms with Gasteiger partial charge in [0.15, 0.2) is 4.34 Å². The van der Waals surface area contributed by atoms with Crippen molar-refractivity contribution in [2.45, 2.75) is 29.7 Å². The predicted octanol–water partition coefficient (Wildman–Crippen LogP) is 7.49. The van der Waals surface area contributed by atoms with E-state index < -0.39 is 17.7 Å². The average Bonchev–Trinajstić information content (AvgIpc) is 3.65. The zero-order valence-electron chi connectivity index (χ0n) is 24.8. The van der Waals surface area contributed by atoms with E-state index in [0.717, 1.165) is 28.0 Å². The summed E-state index contributed by atoms with van der Waals surface area (Å²) >= 11 is 2.54. The number of anilines is 1. The maximum atomic E-state index is 13.6. The lowest BCUT2D eigenvalue weighted by Crippen LogP contribution is -2.29. The molecule has 0 aliphatic carbocycles. The summed E-state index contributed by atoms with van der Waals surface area (Å²) in [6, 6.07) is 26.8. The maximum Gasteiger partial charge on any atom is 0.301 e. The number of aryl methyl sites for hydroxylation is 1. The van der Waals surface area contributed by atoms with Crippen molar-refractivity contribution in [1.29, 1.82) is 0 Å². The third kappa shape index (κ3) is 6.51. The molecule has 1 N–H and O–H groups in total. The van der Waals surface area contributed by atoms with E-state index in [2.05, 4.69) is 10.2 Å². The van der Waals surface area contributed by atoms with Crippen LogP contribution in [0.25, 0.3) is 5.76 Å². The monoisotopic (exact) mass is 653 g/mol. The van der Waals surface area contributed by atoms with Gasteiger partial charge < -0.3 is 14.6 Å². The number of aliphatic hydroxyl groups is 1. The third-order valence-electron chi connectivity index (χ3n) is 7.54. The molecule has 0 saturated carbocycles. The first-order chi connectivity index (χ1) is 22.3. The lowest BCUT2D eigenvalue weighted by Gasteiger charge is -2.22. The summed E-state index contributed by atoms with van der Waals surface area (Å²) in [4.78, 5) is 28.4. The van der Waals surface area contributed by atoms with Crippen LogP contribution in [-0.4, -0.2) is 34.1 Å². The molecule has 1 atom stereocenters. The predicted molar refractivity (Wildman–Crippen MR) is 176 cm³/mol. The number of nitrogens with zero attached hydrogens (tertiary/aromatic N) is 3. The molecule has 1 amide bonds. The molecule has 1 aromatic heterocycles. The molecule has 0 radical (unpaired) electrons. The first-order valence-corrected chi connectivity index (χ1v) is 16.1. The fourth-order valence-electron chi connectivity index (χ4n) is 5.01. The van der Waals surface area contributed by atoms with Crippen molar-refractivity contribution in [3.05, 3.63) is 136 Å². The summed E-state index contributed by atoms with van der Waals surface area (Å²) in [5.41, 5.74) is 3.94. The number of rotatable bonds is 10. The average molecular weight is 654 g/mol. The second-order valence-electron chi connectivity index (χ2n) is 10.4. The number of aliphatic hydroxyl groups excluding tert-OH is 1. The van der Waals surface area contributed by atoms with Gasteiger partial charge in [-0.2, -0.15) is 0 Å². The fraction of sp³-hybridized carbons (Fsp3) is 0.143. The zero-order valence-corrected chi connectivity index (χ0v) is 26.5. The SMILES string of the molecule is COc1ccc(C2C(=C(O)c3ccc(OCc4ccccc4C)cc3)C(=O)C(=O)N2c2nnc(SCc3ccc(F)cc3)s2)cc1. The summed E-state index contributed by atoms with van der Waals surface area (Å²) in [5.74, 6) is -0.601. The molecule has 1 unspecified atom stereocenters. The van der Waals surface area contributed by atoms with Gasteiger partial charge in [-0.15, -0.1) is 10.2 Å². The summed E-state index contributed by atoms with van der Waals surface area (Å²) in [6.45, 7) is 2.40. The van der Waals surface area contributed by atoms with Crippen molar-refractivity contribution in [3.63, 3.8) is 0 Å². The minimum Gasteiger partial charge on any atom is -0.507 e. The second-order valence-corrected chi connectivity index (χ2v) is 12.6. The molecule has 0 spiro atoms. The normalized spacial score (nSPS) is 15.7. The molecule has 0 bridgehead atoms. The first kappa shape index (κ1) is 31.0. The van der Waals surface area contributed by atoms with Crippen LogP contribution in [0.5, 0.6) is 11.5 Å². The zero-order chi connectivity index (χ0) is 32.2. The van der Waals surface area contributed by atoms with Crippen LogP contribution >= 0.6 is 23.1 Å². The summed E-state index contributed by atoms with van der Waals surface area (Å²) in [5, 5.41) is 20.2. The van der Waals surface area contributed by atoms with Crippen LogP contribution in [0.1, 0.15) is 33.9 Å². The number of thioether (sulfide) groups is 1. The van der Waals surface area contributed by atoms with Crippen LogP contribution in [0.15, 0.2) is 107 Å². The van der Waals surface area contributed by atoms with Crippen LogP contribution < -0.4 is 14.4 Å². The van der Waals surface area contributed by atoms with Crippen molar-refractivity contribution in [3.8, 4) is 11.5 Å². The minimum absolute atomic E-state index is 0.0699. The van der Waals surface area contributed by atoms with E-state index in [1.54, 1.807) is 67.8 Å². The highest BCUT2D eigenvalue weighted by atomic mass is 32.2. The van der Waals surface area contributed by atoms with E-state index in [1.165, 1.54) is 28.8 Å². The minimum atomic E-state index is -0.967. The van der Waals surface area contributed by atoms with Crippen LogP contribution in [0.4, 0.5) is 9.52 Å². The number of amides is 1. The van der Waals surface area contributed by atoms with Crippen LogP contribution in [0.3, 0.4) is 0 Å². The van der Waals surface area contributed by atoms with Gasteiger partial charge in [0, 0.05) is 11.3 Å². The number of carbonyl (C=O) groups excluding carboxylic acids is 2. The number of Topliss-reactive ketones (excluding diaryl/α,β-unsaturated/α-hetero) is 1. The molecule has 232 valence electrons. The molecule has 1 fully saturated rings. The number of ether oxygens (including phenoxy) is 2. The van der Waals surface area contributed by atoms with Gasteiger partial charge in [-0.05, 0) is 77.7 Å². The Morgan fingerprint density at radius 1 is 0.935 bits per heavy atom. The number of ketones is 1. The molecule has 6 rings (SSSR count). The van der Waals surface area contributed by atoms with Crippen molar-refractivity contribution < 1.29 is 28.6 Å². The third-order valence-corrected chi connectivity index (χ3v) is 9.66. The summed E-state index contributed by atoms with van der Waals surface area (Å²) in [6.07, 6.45) is 0. The number of benzene rings is 4. The molecule has 1 aliphatic rings. The lowest BCUT2D eigenvalue weighted by atomic mass is 9.95. The molecule has 1 aliphatic heterocycles. The highest BCUT2D eigenvalue weighted by Crippen LogP contribution is 2.44. The Bertz CT molecular complexity index is 1910. The van der Waals surface area contributed by atoms with Gasteiger partial charge in [-0.25, -0.2) is 4.39 Å². The molecule has 5 aromatic rings. The van der Waals surface area contributed by atoms with Gasteiger partial charge >= 0.3 is 5.91 Å². The second kappa shape index (κ2) is 13.6. The Morgan fingerprint density at radius 2 is 1.63 bits per heavy atom. The van der Waals surface area contributed by atoms with Crippen LogP contribution in [0.2, 0.25) is 0 Å². The van der Waals surface area contributed by atoms with Gasteiger partial charge in [-0.3, -0.25) is 14.5 Å². The van der Waals surface area contributed by atoms with Crippen molar-refractivity contribution in [2.24, 2.45) is 0 Å². The molecule has 4 aromatic carbocycles. The van der Waals surface area contributed by atoms with Gasteiger partial charge in [0.05, 0.1) is 18.7 Å². The number of halogens is 1. The molecule has 2 heterocycles. The van der Waals surface area contributed by atoms with Gasteiger partial charge in [0.1, 0.15) is 29.7 Å². The number of methoxy groups -OCH3 is 1. The Morgan fingerprint density at radius 3 is 2.33 bits per heavy atom. The van der Waals surface area contributed by atoms with Crippen molar-refractivity contribution >= 4 is 45.7 Å². The van der Waals surface area contributed by atoms with E-state index in [1.807, 2.05) is 31.2 Å². The highest BCUT2D eigenvalue weighted by Gasteiger charge is 2.48. The van der Waals surface area contributed by atoms with Crippen molar-refractivity contribution in [2.75, 3.05) is 12.0 Å². The molecule has 46 heavy (non-hydrogen) atoms. The van der Waals surface area contributed by atoms with E-state index in [4.69, 9.17) is 9.47 Å². The van der Waals surface area contributed by atoms with E-state index >= 15 is 0 Å². The Labute approximate surface area is 273 Å². The van der Waals surface area contributed by atoms with Crippen LogP contribution in [-0.2, 0) is 21.9 Å². The Balaban J connectivity index is 1.30. The molecule has 1 saturated heterocycles. The molecular formula is C35H28FN3O5S2. The van der Waals surface area contributed by atoms with Crippen molar-refractivity contribution in [1.82, 2.24) is 10.2 Å². The lowest BCUT2D eigenvalue weighted by molar-refractivity contribution is -0.132. The summed E-state index contributed by atoms with van der Waals surface area (Å²) < 4.78 is 25.1. The Hall–Kier alpha value is -5.00. The highest BCUT2D eigenvalue weighted by molar-refractivity contribution is 8.00. The topological polar surface area (TPSA) is 102 Å². The quantitative estimate of drug-likeness (QED) is 0.0544. The smallest absolute Gasteiger partial charge is 0.301 e. The number of hydrogen-bond acceptors (Lipinski definition) is 9. The van der Waals surface area contributed by atoms with E-state index in [9.17, 15) is 19.1 Å². The van der Waals surface area contributed by atoms with Gasteiger partial charge in [0.2, 0.25) is 5.13 Å². The molecule has 11 heteroatoms. The standard InChI is InChI=1S/C35H28FN3O5S2/c1-21-5-3-4-6-25(21)19-44-28-17-11-24(12-18-28)31(40)29-30(23-9-15-27(43-2)16-10-23)39(33(42)32(29)41)34-37-38-35(46-34)45-20-22-7-13-26(36)14-8-22/h3-18,30,40H,19-20H2,1-2H3. The largest absolute Gasteiger partial charge is 0.507 e. The van der Waals surface area contributed by atoms with E-state index in [-0.39, 0.29) is 22.3 Å². The maximum absolute atomic E-state index is 13.6. The van der Waals surface area contributed by atoms with E-state index in [0.29, 0.717) is 39.3 Å². The number of hydrogen-bond donors (Lipinski definition) is 1. The number of carbonyl (C=O) groups is 2. The van der Waals surface area contributed by atoms with Gasteiger partial charge in [-0.1, -0.05) is 71.6 Å². The summed E-state index contributed by atoms with van der Waals surface area (Å²) in [7, 11) is 1.54. The first-order valence-electron chi connectivity index (χ1n) is 14.3. The number of aromatic nitrogens is 2. The Kier molecular flexibility index (Phi) is 9.13. The molecule has 8 nitrogen and oxygen atoms in total. The van der Waals surface area contributed by atoms with Gasteiger partial charge in [0.25, 0.3) is 5.78 Å². The molecular weight excluding hydrogens is 626 g/mol. The van der Waals surface area contributed by atoms with Crippen LogP contribution in [0, 0.1) is 12.7 Å².